The highest BCUT2D eigenvalue weighted by Crippen LogP contribution is 2.12. The third kappa shape index (κ3) is 3.06. The Hall–Kier alpha value is -1.35. The number of amides is 1. The van der Waals surface area contributed by atoms with Crippen molar-refractivity contribution in [3.05, 3.63) is 30.3 Å². The molecule has 0 radical (unpaired) electrons. The highest BCUT2D eigenvalue weighted by Gasteiger charge is 2.17. The first-order valence-corrected chi connectivity index (χ1v) is 5.25. The van der Waals surface area contributed by atoms with E-state index in [2.05, 4.69) is 0 Å². The molecule has 0 aliphatic rings. The van der Waals surface area contributed by atoms with E-state index in [1.807, 2.05) is 37.3 Å². The van der Waals surface area contributed by atoms with Gasteiger partial charge in [0.05, 0.1) is 6.04 Å². The summed E-state index contributed by atoms with van der Waals surface area (Å²) in [5.41, 5.74) is 6.66. The summed E-state index contributed by atoms with van der Waals surface area (Å²) >= 11 is 0. The van der Waals surface area contributed by atoms with Gasteiger partial charge in [-0.15, -0.1) is 0 Å². The second-order valence-electron chi connectivity index (χ2n) is 3.63. The zero-order valence-corrected chi connectivity index (χ0v) is 9.31. The average Bonchev–Trinajstić information content (AvgIpc) is 2.28. The molecule has 1 aromatic rings. The van der Waals surface area contributed by atoms with Crippen molar-refractivity contribution in [2.24, 2.45) is 5.73 Å². The summed E-state index contributed by atoms with van der Waals surface area (Å²) in [7, 11) is 1.76. The summed E-state index contributed by atoms with van der Waals surface area (Å²) in [6.45, 7) is 2.02. The summed E-state index contributed by atoms with van der Waals surface area (Å²) in [6.07, 6.45) is 1.66. The lowest BCUT2D eigenvalue weighted by Gasteiger charge is -2.21. The van der Waals surface area contributed by atoms with Crippen molar-refractivity contribution >= 4 is 11.6 Å². The van der Waals surface area contributed by atoms with E-state index in [9.17, 15) is 4.79 Å². The first-order chi connectivity index (χ1) is 7.16. The maximum absolute atomic E-state index is 11.8. The van der Waals surface area contributed by atoms with Gasteiger partial charge in [0.1, 0.15) is 0 Å². The Morgan fingerprint density at radius 2 is 2.00 bits per heavy atom. The smallest absolute Gasteiger partial charge is 0.243 e. The van der Waals surface area contributed by atoms with Crippen molar-refractivity contribution in [3.8, 4) is 0 Å². The molecule has 0 aromatic heterocycles. The number of para-hydroxylation sites is 1. The fourth-order valence-electron chi connectivity index (χ4n) is 1.46. The van der Waals surface area contributed by atoms with Crippen molar-refractivity contribution in [1.82, 2.24) is 0 Å². The van der Waals surface area contributed by atoms with Gasteiger partial charge in [-0.25, -0.2) is 0 Å². The van der Waals surface area contributed by atoms with Gasteiger partial charge in [-0.05, 0) is 18.6 Å². The van der Waals surface area contributed by atoms with E-state index in [0.29, 0.717) is 0 Å². The quantitative estimate of drug-likeness (QED) is 0.816. The van der Waals surface area contributed by atoms with Crippen LogP contribution in [0.3, 0.4) is 0 Å². The van der Waals surface area contributed by atoms with Gasteiger partial charge in [0, 0.05) is 12.7 Å². The Labute approximate surface area is 90.9 Å². The molecule has 0 saturated carbocycles. The number of hydrogen-bond donors (Lipinski definition) is 1. The van der Waals surface area contributed by atoms with Gasteiger partial charge >= 0.3 is 0 Å². The molecule has 0 fully saturated rings. The lowest BCUT2D eigenvalue weighted by atomic mass is 10.1. The van der Waals surface area contributed by atoms with Gasteiger partial charge < -0.3 is 10.6 Å². The predicted molar refractivity (Wildman–Crippen MR) is 62.7 cm³/mol. The van der Waals surface area contributed by atoms with Crippen molar-refractivity contribution in [3.63, 3.8) is 0 Å². The molecule has 0 saturated heterocycles. The fraction of sp³-hybridized carbons (Fsp3) is 0.417. The molecule has 0 aliphatic carbocycles. The minimum atomic E-state index is -0.389. The number of anilines is 1. The van der Waals surface area contributed by atoms with Gasteiger partial charge in [-0.3, -0.25) is 4.79 Å². The molecule has 15 heavy (non-hydrogen) atoms. The van der Waals surface area contributed by atoms with Crippen LogP contribution in [0.5, 0.6) is 0 Å². The molecule has 3 nitrogen and oxygen atoms in total. The number of carbonyl (C=O) groups excluding carboxylic acids is 1. The number of hydrogen-bond acceptors (Lipinski definition) is 2. The zero-order chi connectivity index (χ0) is 11.3. The van der Waals surface area contributed by atoms with E-state index in [-0.39, 0.29) is 11.9 Å². The van der Waals surface area contributed by atoms with Crippen LogP contribution < -0.4 is 10.6 Å². The molecule has 1 unspecified atom stereocenters. The van der Waals surface area contributed by atoms with Gasteiger partial charge in [-0.1, -0.05) is 31.5 Å². The van der Waals surface area contributed by atoms with Crippen LogP contribution in [0.2, 0.25) is 0 Å². The number of benzene rings is 1. The van der Waals surface area contributed by atoms with Crippen LogP contribution in [-0.4, -0.2) is 19.0 Å². The predicted octanol–water partition coefficient (Wildman–Crippen LogP) is 1.78. The van der Waals surface area contributed by atoms with Crippen LogP contribution in [0.1, 0.15) is 19.8 Å². The monoisotopic (exact) mass is 206 g/mol. The van der Waals surface area contributed by atoms with Crippen LogP contribution >= 0.6 is 0 Å². The summed E-state index contributed by atoms with van der Waals surface area (Å²) in [5, 5.41) is 0. The molecular weight excluding hydrogens is 188 g/mol. The Bertz CT molecular complexity index is 311. The number of nitrogens with two attached hydrogens (primary N) is 1. The lowest BCUT2D eigenvalue weighted by Crippen LogP contribution is -2.41. The Kier molecular flexibility index (Phi) is 4.31. The van der Waals surface area contributed by atoms with Gasteiger partial charge in [0.25, 0.3) is 0 Å². The van der Waals surface area contributed by atoms with Crippen LogP contribution in [0.4, 0.5) is 5.69 Å². The van der Waals surface area contributed by atoms with Crippen molar-refractivity contribution in [2.75, 3.05) is 11.9 Å². The highest BCUT2D eigenvalue weighted by molar-refractivity contribution is 5.96. The Morgan fingerprint density at radius 3 is 2.53 bits per heavy atom. The molecule has 1 rings (SSSR count). The maximum Gasteiger partial charge on any atom is 0.243 e. The van der Waals surface area contributed by atoms with E-state index < -0.39 is 0 Å². The van der Waals surface area contributed by atoms with E-state index in [4.69, 9.17) is 5.73 Å². The van der Waals surface area contributed by atoms with Crippen LogP contribution in [0.15, 0.2) is 30.3 Å². The second kappa shape index (κ2) is 5.51. The molecule has 0 spiro atoms. The first-order valence-electron chi connectivity index (χ1n) is 5.25. The molecule has 82 valence electrons. The molecule has 3 heteroatoms. The number of rotatable bonds is 4. The molecule has 0 heterocycles. The SMILES string of the molecule is CCCC(N)C(=O)N(C)c1ccccc1. The average molecular weight is 206 g/mol. The number of likely N-dealkylation sites (N-methyl/N-ethyl adjacent to an activating group) is 1. The van der Waals surface area contributed by atoms with E-state index in [1.54, 1.807) is 11.9 Å². The lowest BCUT2D eigenvalue weighted by molar-refractivity contribution is -0.119. The number of carbonyl (C=O) groups is 1. The van der Waals surface area contributed by atoms with Crippen LogP contribution in [-0.2, 0) is 4.79 Å². The molecule has 1 amide bonds. The van der Waals surface area contributed by atoms with Gasteiger partial charge in [0.2, 0.25) is 5.91 Å². The zero-order valence-electron chi connectivity index (χ0n) is 9.31. The van der Waals surface area contributed by atoms with Crippen molar-refractivity contribution in [2.45, 2.75) is 25.8 Å². The second-order valence-corrected chi connectivity index (χ2v) is 3.63. The van der Waals surface area contributed by atoms with E-state index in [1.165, 1.54) is 0 Å². The van der Waals surface area contributed by atoms with Gasteiger partial charge in [0.15, 0.2) is 0 Å². The van der Waals surface area contributed by atoms with Crippen molar-refractivity contribution < 1.29 is 4.79 Å². The maximum atomic E-state index is 11.8. The fourth-order valence-corrected chi connectivity index (χ4v) is 1.46. The summed E-state index contributed by atoms with van der Waals surface area (Å²) < 4.78 is 0. The molecule has 2 N–H and O–H groups in total. The summed E-state index contributed by atoms with van der Waals surface area (Å²) in [5.74, 6) is -0.0250. The minimum absolute atomic E-state index is 0.0250. The minimum Gasteiger partial charge on any atom is -0.320 e. The molecule has 0 bridgehead atoms. The molecular formula is C12H18N2O. The van der Waals surface area contributed by atoms with E-state index in [0.717, 1.165) is 18.5 Å². The van der Waals surface area contributed by atoms with Crippen LogP contribution in [0.25, 0.3) is 0 Å². The standard InChI is InChI=1S/C12H18N2O/c1-3-7-11(13)12(15)14(2)10-8-5-4-6-9-10/h4-6,8-9,11H,3,7,13H2,1-2H3. The summed E-state index contributed by atoms with van der Waals surface area (Å²) in [4.78, 5) is 13.4. The Morgan fingerprint density at radius 1 is 1.40 bits per heavy atom. The van der Waals surface area contributed by atoms with Gasteiger partial charge in [-0.2, -0.15) is 0 Å². The molecule has 1 aromatic carbocycles. The normalized spacial score (nSPS) is 12.2. The molecule has 1 atom stereocenters. The summed E-state index contributed by atoms with van der Waals surface area (Å²) in [6, 6.07) is 9.15. The van der Waals surface area contributed by atoms with E-state index >= 15 is 0 Å². The third-order valence-electron chi connectivity index (χ3n) is 2.39. The molecule has 0 aliphatic heterocycles. The van der Waals surface area contributed by atoms with Crippen LogP contribution in [0, 0.1) is 0 Å². The third-order valence-corrected chi connectivity index (χ3v) is 2.39. The largest absolute Gasteiger partial charge is 0.320 e. The van der Waals surface area contributed by atoms with Crippen molar-refractivity contribution in [1.29, 1.82) is 0 Å². The first kappa shape index (κ1) is 11.7. The highest BCUT2D eigenvalue weighted by atomic mass is 16.2. The topological polar surface area (TPSA) is 46.3 Å². The Balaban J connectivity index is 2.69. The number of nitrogens with zero attached hydrogens (tertiary/aromatic N) is 1.